The highest BCUT2D eigenvalue weighted by atomic mass is 32.1. The van der Waals surface area contributed by atoms with Crippen LogP contribution in [0.25, 0.3) is 16.7 Å². The van der Waals surface area contributed by atoms with E-state index in [9.17, 15) is 4.79 Å². The Bertz CT molecular complexity index is 1040. The Kier molecular flexibility index (Phi) is 3.70. The summed E-state index contributed by atoms with van der Waals surface area (Å²) in [6.45, 7) is 2.48. The van der Waals surface area contributed by atoms with E-state index in [1.807, 2.05) is 47.9 Å². The number of amides is 1. The summed E-state index contributed by atoms with van der Waals surface area (Å²) in [5.74, 6) is -0.0326. The molecule has 24 heavy (non-hydrogen) atoms. The van der Waals surface area contributed by atoms with Crippen molar-refractivity contribution in [2.24, 2.45) is 0 Å². The van der Waals surface area contributed by atoms with Gasteiger partial charge in [0, 0.05) is 18.9 Å². The SMILES string of the molecule is Cc1cccn2c(CC(=O)NCc3ccc4nsnc4c3)cnc12. The van der Waals surface area contributed by atoms with Gasteiger partial charge in [-0.3, -0.25) is 4.79 Å². The second kappa shape index (κ2) is 6.01. The molecule has 7 heteroatoms. The summed E-state index contributed by atoms with van der Waals surface area (Å²) in [5.41, 5.74) is 5.62. The predicted molar refractivity (Wildman–Crippen MR) is 92.9 cm³/mol. The van der Waals surface area contributed by atoms with Gasteiger partial charge in [-0.2, -0.15) is 8.75 Å². The van der Waals surface area contributed by atoms with Crippen molar-refractivity contribution in [3.8, 4) is 0 Å². The number of pyridine rings is 1. The molecule has 4 aromatic rings. The molecule has 0 unspecified atom stereocenters. The second-order valence-electron chi connectivity index (χ2n) is 5.68. The normalized spacial score (nSPS) is 11.2. The Labute approximate surface area is 142 Å². The monoisotopic (exact) mass is 337 g/mol. The minimum atomic E-state index is -0.0326. The van der Waals surface area contributed by atoms with E-state index in [0.717, 1.165) is 33.5 Å². The van der Waals surface area contributed by atoms with Gasteiger partial charge in [0.2, 0.25) is 5.91 Å². The number of hydrogen-bond acceptors (Lipinski definition) is 5. The summed E-state index contributed by atoms with van der Waals surface area (Å²) < 4.78 is 10.4. The number of nitrogens with one attached hydrogen (secondary N) is 1. The lowest BCUT2D eigenvalue weighted by molar-refractivity contribution is -0.120. The van der Waals surface area contributed by atoms with Crippen LogP contribution in [-0.2, 0) is 17.8 Å². The average Bonchev–Trinajstić information content (AvgIpc) is 3.20. The zero-order chi connectivity index (χ0) is 16.5. The van der Waals surface area contributed by atoms with Crippen molar-refractivity contribution in [3.63, 3.8) is 0 Å². The molecule has 6 nitrogen and oxygen atoms in total. The first-order valence-corrected chi connectivity index (χ1v) is 8.33. The highest BCUT2D eigenvalue weighted by Gasteiger charge is 2.10. The van der Waals surface area contributed by atoms with Crippen molar-refractivity contribution < 1.29 is 4.79 Å². The van der Waals surface area contributed by atoms with Crippen LogP contribution in [0.5, 0.6) is 0 Å². The summed E-state index contributed by atoms with van der Waals surface area (Å²) in [7, 11) is 0. The zero-order valence-electron chi connectivity index (χ0n) is 13.1. The Morgan fingerprint density at radius 3 is 3.04 bits per heavy atom. The first-order valence-electron chi connectivity index (χ1n) is 7.60. The van der Waals surface area contributed by atoms with Gasteiger partial charge in [0.15, 0.2) is 0 Å². The molecule has 4 rings (SSSR count). The largest absolute Gasteiger partial charge is 0.352 e. The van der Waals surface area contributed by atoms with Crippen molar-refractivity contribution in [3.05, 3.63) is 59.5 Å². The van der Waals surface area contributed by atoms with Gasteiger partial charge in [-0.05, 0) is 36.2 Å². The minimum absolute atomic E-state index is 0.0326. The molecule has 0 saturated carbocycles. The third kappa shape index (κ3) is 2.74. The Morgan fingerprint density at radius 2 is 2.12 bits per heavy atom. The molecule has 0 radical (unpaired) electrons. The summed E-state index contributed by atoms with van der Waals surface area (Å²) in [6, 6.07) is 9.81. The molecule has 0 saturated heterocycles. The third-order valence-electron chi connectivity index (χ3n) is 3.96. The standard InChI is InChI=1S/C17H15N5OS/c1-11-3-2-6-22-13(10-19-17(11)22)8-16(23)18-9-12-4-5-14-15(7-12)21-24-20-14/h2-7,10H,8-9H2,1H3,(H,18,23). The summed E-state index contributed by atoms with van der Waals surface area (Å²) in [6.07, 6.45) is 3.99. The Morgan fingerprint density at radius 1 is 1.25 bits per heavy atom. The fourth-order valence-corrected chi connectivity index (χ4v) is 3.22. The lowest BCUT2D eigenvalue weighted by atomic mass is 10.2. The highest BCUT2D eigenvalue weighted by Crippen LogP contribution is 2.14. The van der Waals surface area contributed by atoms with Crippen LogP contribution in [0.3, 0.4) is 0 Å². The molecular weight excluding hydrogens is 322 g/mol. The van der Waals surface area contributed by atoms with Gasteiger partial charge in [-0.15, -0.1) is 0 Å². The maximum atomic E-state index is 12.2. The first-order chi connectivity index (χ1) is 11.7. The first kappa shape index (κ1) is 14.8. The zero-order valence-corrected chi connectivity index (χ0v) is 13.9. The lowest BCUT2D eigenvalue weighted by Gasteiger charge is -2.06. The number of aromatic nitrogens is 4. The fraction of sp³-hybridized carbons (Fsp3) is 0.176. The number of imidazole rings is 1. The van der Waals surface area contributed by atoms with E-state index in [1.54, 1.807) is 6.20 Å². The molecule has 0 bridgehead atoms. The number of rotatable bonds is 4. The van der Waals surface area contributed by atoms with Crippen LogP contribution in [0.15, 0.2) is 42.7 Å². The van der Waals surface area contributed by atoms with Crippen LogP contribution in [0.1, 0.15) is 16.8 Å². The average molecular weight is 337 g/mol. The molecule has 0 aliphatic carbocycles. The number of fused-ring (bicyclic) bond motifs is 2. The van der Waals surface area contributed by atoms with Crippen molar-refractivity contribution in [2.75, 3.05) is 0 Å². The van der Waals surface area contributed by atoms with E-state index in [4.69, 9.17) is 0 Å². The molecule has 0 atom stereocenters. The minimum Gasteiger partial charge on any atom is -0.352 e. The van der Waals surface area contributed by atoms with E-state index < -0.39 is 0 Å². The predicted octanol–water partition coefficient (Wildman–Crippen LogP) is 2.51. The molecule has 0 aliphatic rings. The van der Waals surface area contributed by atoms with Gasteiger partial charge in [0.1, 0.15) is 16.7 Å². The quantitative estimate of drug-likeness (QED) is 0.621. The van der Waals surface area contributed by atoms with Crippen LogP contribution >= 0.6 is 11.7 Å². The molecule has 3 aromatic heterocycles. The second-order valence-corrected chi connectivity index (χ2v) is 6.20. The number of benzene rings is 1. The van der Waals surface area contributed by atoms with E-state index in [-0.39, 0.29) is 5.91 Å². The topological polar surface area (TPSA) is 72.2 Å². The van der Waals surface area contributed by atoms with Crippen molar-refractivity contribution in [1.82, 2.24) is 23.4 Å². The molecular formula is C17H15N5OS. The van der Waals surface area contributed by atoms with Crippen LogP contribution < -0.4 is 5.32 Å². The van der Waals surface area contributed by atoms with Crippen LogP contribution in [0, 0.1) is 6.92 Å². The fourth-order valence-electron chi connectivity index (χ4n) is 2.70. The lowest BCUT2D eigenvalue weighted by Crippen LogP contribution is -2.25. The van der Waals surface area contributed by atoms with E-state index in [1.165, 1.54) is 11.7 Å². The number of carbonyl (C=O) groups excluding carboxylic acids is 1. The van der Waals surface area contributed by atoms with E-state index >= 15 is 0 Å². The van der Waals surface area contributed by atoms with Crippen molar-refractivity contribution >= 4 is 34.3 Å². The van der Waals surface area contributed by atoms with Gasteiger partial charge < -0.3 is 9.72 Å². The molecule has 0 spiro atoms. The Balaban J connectivity index is 1.45. The van der Waals surface area contributed by atoms with Gasteiger partial charge in [-0.25, -0.2) is 4.98 Å². The van der Waals surface area contributed by atoms with Crippen molar-refractivity contribution in [2.45, 2.75) is 19.9 Å². The molecule has 1 aromatic carbocycles. The molecule has 120 valence electrons. The number of aryl methyl sites for hydroxylation is 1. The van der Waals surface area contributed by atoms with Crippen LogP contribution in [-0.4, -0.2) is 24.0 Å². The van der Waals surface area contributed by atoms with Crippen LogP contribution in [0.4, 0.5) is 0 Å². The van der Waals surface area contributed by atoms with E-state index in [0.29, 0.717) is 13.0 Å². The van der Waals surface area contributed by atoms with E-state index in [2.05, 4.69) is 19.0 Å². The van der Waals surface area contributed by atoms with Gasteiger partial charge in [0.05, 0.1) is 23.8 Å². The smallest absolute Gasteiger partial charge is 0.226 e. The molecule has 0 fully saturated rings. The molecule has 1 N–H and O–H groups in total. The number of nitrogens with zero attached hydrogens (tertiary/aromatic N) is 4. The third-order valence-corrected chi connectivity index (χ3v) is 4.51. The van der Waals surface area contributed by atoms with Gasteiger partial charge in [0.25, 0.3) is 0 Å². The van der Waals surface area contributed by atoms with Crippen LogP contribution in [0.2, 0.25) is 0 Å². The van der Waals surface area contributed by atoms with Gasteiger partial charge >= 0.3 is 0 Å². The molecule has 3 heterocycles. The molecule has 0 aliphatic heterocycles. The van der Waals surface area contributed by atoms with Gasteiger partial charge in [-0.1, -0.05) is 12.1 Å². The highest BCUT2D eigenvalue weighted by molar-refractivity contribution is 7.00. The number of carbonyl (C=O) groups is 1. The summed E-state index contributed by atoms with van der Waals surface area (Å²) in [5, 5.41) is 2.95. The molecule has 1 amide bonds. The maximum absolute atomic E-state index is 12.2. The number of hydrogen-bond donors (Lipinski definition) is 1. The van der Waals surface area contributed by atoms with Crippen molar-refractivity contribution in [1.29, 1.82) is 0 Å². The Hall–Kier alpha value is -2.80. The summed E-state index contributed by atoms with van der Waals surface area (Å²) >= 11 is 1.19. The maximum Gasteiger partial charge on any atom is 0.226 e. The summed E-state index contributed by atoms with van der Waals surface area (Å²) in [4.78, 5) is 16.6.